The van der Waals surface area contributed by atoms with E-state index in [2.05, 4.69) is 12.2 Å². The van der Waals surface area contributed by atoms with Gasteiger partial charge in [-0.2, -0.15) is 11.8 Å². The van der Waals surface area contributed by atoms with E-state index >= 15 is 0 Å². The predicted molar refractivity (Wildman–Crippen MR) is 61.8 cm³/mol. The number of rotatable bonds is 4. The number of amides is 2. The molecule has 0 spiro atoms. The second-order valence-corrected chi connectivity index (χ2v) is 4.96. The SMILES string of the molecule is CCSCCN1CCC(=O)NC(C)C1=O. The molecule has 0 aromatic carbocycles. The van der Waals surface area contributed by atoms with Gasteiger partial charge in [0.1, 0.15) is 6.04 Å². The van der Waals surface area contributed by atoms with E-state index in [-0.39, 0.29) is 17.9 Å². The average Bonchev–Trinajstić information content (AvgIpc) is 2.31. The molecule has 1 aliphatic heterocycles. The second-order valence-electron chi connectivity index (χ2n) is 3.56. The van der Waals surface area contributed by atoms with Gasteiger partial charge in [-0.1, -0.05) is 6.92 Å². The number of thioether (sulfide) groups is 1. The van der Waals surface area contributed by atoms with E-state index < -0.39 is 0 Å². The van der Waals surface area contributed by atoms with Crippen LogP contribution in [-0.4, -0.2) is 47.4 Å². The molecule has 0 aromatic heterocycles. The van der Waals surface area contributed by atoms with Gasteiger partial charge >= 0.3 is 0 Å². The van der Waals surface area contributed by atoms with E-state index in [1.807, 2.05) is 11.8 Å². The minimum atomic E-state index is -0.369. The fourth-order valence-electron chi connectivity index (χ4n) is 1.54. The molecule has 1 N–H and O–H groups in total. The van der Waals surface area contributed by atoms with Gasteiger partial charge in [0.2, 0.25) is 11.8 Å². The molecule has 0 aliphatic carbocycles. The Morgan fingerprint density at radius 2 is 2.27 bits per heavy atom. The zero-order valence-electron chi connectivity index (χ0n) is 9.28. The third-order valence-corrected chi connectivity index (χ3v) is 3.26. The molecule has 15 heavy (non-hydrogen) atoms. The molecule has 4 nitrogen and oxygen atoms in total. The zero-order valence-corrected chi connectivity index (χ0v) is 10.1. The van der Waals surface area contributed by atoms with Crippen LogP contribution in [0, 0.1) is 0 Å². The first kappa shape index (κ1) is 12.4. The van der Waals surface area contributed by atoms with Gasteiger partial charge in [0.05, 0.1) is 0 Å². The van der Waals surface area contributed by atoms with Crippen molar-refractivity contribution in [1.29, 1.82) is 0 Å². The maximum Gasteiger partial charge on any atom is 0.244 e. The van der Waals surface area contributed by atoms with E-state index in [0.29, 0.717) is 13.0 Å². The van der Waals surface area contributed by atoms with Crippen molar-refractivity contribution in [2.45, 2.75) is 26.3 Å². The van der Waals surface area contributed by atoms with Crippen molar-refractivity contribution in [1.82, 2.24) is 10.2 Å². The molecule has 0 aromatic rings. The summed E-state index contributed by atoms with van der Waals surface area (Å²) in [4.78, 5) is 24.8. The molecule has 1 rings (SSSR count). The van der Waals surface area contributed by atoms with Crippen molar-refractivity contribution in [2.75, 3.05) is 24.6 Å². The van der Waals surface area contributed by atoms with Gasteiger partial charge in [-0.05, 0) is 12.7 Å². The van der Waals surface area contributed by atoms with Crippen molar-refractivity contribution in [2.24, 2.45) is 0 Å². The molecule has 1 aliphatic rings. The first-order chi connectivity index (χ1) is 7.15. The Hall–Kier alpha value is -0.710. The Morgan fingerprint density at radius 1 is 1.53 bits per heavy atom. The van der Waals surface area contributed by atoms with Crippen molar-refractivity contribution in [3.05, 3.63) is 0 Å². The molecular weight excluding hydrogens is 212 g/mol. The molecule has 0 saturated carbocycles. The van der Waals surface area contributed by atoms with Crippen LogP contribution >= 0.6 is 11.8 Å². The van der Waals surface area contributed by atoms with Crippen molar-refractivity contribution >= 4 is 23.6 Å². The summed E-state index contributed by atoms with van der Waals surface area (Å²) in [6.45, 7) is 5.14. The monoisotopic (exact) mass is 230 g/mol. The van der Waals surface area contributed by atoms with Crippen molar-refractivity contribution in [3.63, 3.8) is 0 Å². The Balaban J connectivity index is 2.47. The Labute approximate surface area is 94.8 Å². The summed E-state index contributed by atoms with van der Waals surface area (Å²) in [6, 6.07) is -0.369. The fourth-order valence-corrected chi connectivity index (χ4v) is 2.18. The molecule has 86 valence electrons. The van der Waals surface area contributed by atoms with Gasteiger partial charge in [0, 0.05) is 25.3 Å². The lowest BCUT2D eigenvalue weighted by Gasteiger charge is -2.21. The normalized spacial score (nSPS) is 22.5. The molecule has 1 unspecified atom stereocenters. The third kappa shape index (κ3) is 3.74. The quantitative estimate of drug-likeness (QED) is 0.715. The smallest absolute Gasteiger partial charge is 0.244 e. The van der Waals surface area contributed by atoms with Gasteiger partial charge in [-0.25, -0.2) is 0 Å². The van der Waals surface area contributed by atoms with Crippen LogP contribution in [0.5, 0.6) is 0 Å². The standard InChI is InChI=1S/C10H18N2O2S/c1-3-15-7-6-12-5-4-9(13)11-8(2)10(12)14/h8H,3-7H2,1-2H3,(H,11,13). The van der Waals surface area contributed by atoms with E-state index in [4.69, 9.17) is 0 Å². The highest BCUT2D eigenvalue weighted by molar-refractivity contribution is 7.99. The van der Waals surface area contributed by atoms with Gasteiger partial charge in [0.25, 0.3) is 0 Å². The number of carbonyl (C=O) groups is 2. The van der Waals surface area contributed by atoms with Crippen LogP contribution in [0.15, 0.2) is 0 Å². The van der Waals surface area contributed by atoms with Crippen LogP contribution < -0.4 is 5.32 Å². The molecule has 0 bridgehead atoms. The minimum Gasteiger partial charge on any atom is -0.345 e. The maximum absolute atomic E-state index is 11.8. The Kier molecular flexibility index (Phi) is 4.94. The third-order valence-electron chi connectivity index (χ3n) is 2.38. The van der Waals surface area contributed by atoms with E-state index in [1.165, 1.54) is 0 Å². The van der Waals surface area contributed by atoms with Crippen LogP contribution in [0.2, 0.25) is 0 Å². The van der Waals surface area contributed by atoms with E-state index in [1.54, 1.807) is 11.8 Å². The van der Waals surface area contributed by atoms with E-state index in [0.717, 1.165) is 18.1 Å². The van der Waals surface area contributed by atoms with Crippen LogP contribution in [0.25, 0.3) is 0 Å². The molecule has 1 saturated heterocycles. The summed E-state index contributed by atoms with van der Waals surface area (Å²) in [6.07, 6.45) is 0.423. The predicted octanol–water partition coefficient (Wildman–Crippen LogP) is 0.476. The zero-order chi connectivity index (χ0) is 11.3. The Morgan fingerprint density at radius 3 is 2.93 bits per heavy atom. The van der Waals surface area contributed by atoms with Gasteiger partial charge in [-0.3, -0.25) is 9.59 Å². The summed E-state index contributed by atoms with van der Waals surface area (Å²) >= 11 is 1.81. The number of hydrogen-bond acceptors (Lipinski definition) is 3. The van der Waals surface area contributed by atoms with Gasteiger partial charge in [0.15, 0.2) is 0 Å². The molecule has 2 amide bonds. The largest absolute Gasteiger partial charge is 0.345 e. The first-order valence-electron chi connectivity index (χ1n) is 5.31. The lowest BCUT2D eigenvalue weighted by molar-refractivity contribution is -0.132. The molecule has 0 radical (unpaired) electrons. The molecule has 1 heterocycles. The number of carbonyl (C=O) groups excluding carboxylic acids is 2. The summed E-state index contributed by atoms with van der Waals surface area (Å²) < 4.78 is 0. The van der Waals surface area contributed by atoms with Crippen molar-refractivity contribution < 1.29 is 9.59 Å². The highest BCUT2D eigenvalue weighted by atomic mass is 32.2. The molecule has 1 atom stereocenters. The van der Waals surface area contributed by atoms with Crippen LogP contribution in [0.4, 0.5) is 0 Å². The van der Waals surface area contributed by atoms with Gasteiger partial charge < -0.3 is 10.2 Å². The van der Waals surface area contributed by atoms with Crippen LogP contribution in [0.1, 0.15) is 20.3 Å². The lowest BCUT2D eigenvalue weighted by atomic mass is 10.3. The summed E-state index contributed by atoms with van der Waals surface area (Å²) in [5.74, 6) is 2.02. The van der Waals surface area contributed by atoms with Crippen LogP contribution in [0.3, 0.4) is 0 Å². The number of nitrogens with one attached hydrogen (secondary N) is 1. The van der Waals surface area contributed by atoms with E-state index in [9.17, 15) is 9.59 Å². The topological polar surface area (TPSA) is 49.4 Å². The molecular formula is C10H18N2O2S. The highest BCUT2D eigenvalue weighted by Gasteiger charge is 2.25. The second kappa shape index (κ2) is 6.00. The fraction of sp³-hybridized carbons (Fsp3) is 0.800. The van der Waals surface area contributed by atoms with Crippen LogP contribution in [-0.2, 0) is 9.59 Å². The van der Waals surface area contributed by atoms with Crippen molar-refractivity contribution in [3.8, 4) is 0 Å². The number of hydrogen-bond donors (Lipinski definition) is 1. The maximum atomic E-state index is 11.8. The highest BCUT2D eigenvalue weighted by Crippen LogP contribution is 2.06. The average molecular weight is 230 g/mol. The summed E-state index contributed by atoms with van der Waals surface area (Å²) in [5.41, 5.74) is 0. The van der Waals surface area contributed by atoms with Gasteiger partial charge in [-0.15, -0.1) is 0 Å². The summed E-state index contributed by atoms with van der Waals surface area (Å²) in [7, 11) is 0. The Bertz CT molecular complexity index is 246. The summed E-state index contributed by atoms with van der Waals surface area (Å²) in [5, 5.41) is 2.67. The minimum absolute atomic E-state index is 0.0264. The molecule has 5 heteroatoms. The molecule has 1 fully saturated rings. The first-order valence-corrected chi connectivity index (χ1v) is 6.46. The number of nitrogens with zero attached hydrogens (tertiary/aromatic N) is 1. The lowest BCUT2D eigenvalue weighted by Crippen LogP contribution is -2.43.